The van der Waals surface area contributed by atoms with Gasteiger partial charge >= 0.3 is 11.9 Å². The molecule has 0 N–H and O–H groups in total. The molecule has 1 saturated heterocycles. The first kappa shape index (κ1) is 31.2. The Morgan fingerprint density at radius 1 is 1.26 bits per heavy atom. The molecular formula is C27H27F7N4O4. The van der Waals surface area contributed by atoms with E-state index in [1.807, 2.05) is 0 Å². The summed E-state index contributed by atoms with van der Waals surface area (Å²) in [5.41, 5.74) is -3.26. The number of alkyl halides is 5. The van der Waals surface area contributed by atoms with Crippen LogP contribution in [0.25, 0.3) is 17.6 Å². The van der Waals surface area contributed by atoms with E-state index in [1.54, 1.807) is 6.92 Å². The van der Waals surface area contributed by atoms with E-state index in [0.29, 0.717) is 42.8 Å². The van der Waals surface area contributed by atoms with Gasteiger partial charge in [-0.15, -0.1) is 5.10 Å². The van der Waals surface area contributed by atoms with Crippen molar-refractivity contribution in [3.63, 3.8) is 0 Å². The predicted molar refractivity (Wildman–Crippen MR) is 136 cm³/mol. The number of ether oxygens (including phenoxy) is 3. The van der Waals surface area contributed by atoms with E-state index in [4.69, 9.17) is 14.2 Å². The highest BCUT2D eigenvalue weighted by Gasteiger charge is 2.39. The highest BCUT2D eigenvalue weighted by atomic mass is 19.4. The molecular weight excluding hydrogens is 577 g/mol. The van der Waals surface area contributed by atoms with Crippen LogP contribution in [-0.4, -0.2) is 44.5 Å². The van der Waals surface area contributed by atoms with Crippen molar-refractivity contribution in [2.45, 2.75) is 71.3 Å². The van der Waals surface area contributed by atoms with E-state index in [9.17, 15) is 26.7 Å². The molecule has 2 atom stereocenters. The molecule has 3 aromatic rings. The predicted octanol–water partition coefficient (Wildman–Crippen LogP) is 6.37. The Morgan fingerprint density at radius 2 is 2.02 bits per heavy atom. The van der Waals surface area contributed by atoms with Gasteiger partial charge in [0, 0.05) is 42.7 Å². The van der Waals surface area contributed by atoms with Gasteiger partial charge in [0.25, 0.3) is 6.43 Å². The van der Waals surface area contributed by atoms with Gasteiger partial charge in [0.1, 0.15) is 29.7 Å². The first-order valence-electron chi connectivity index (χ1n) is 13.0. The standard InChI is InChI=1S/C27H27F7N4O4/c1-3-37-23(14-41-24-6-4-5-9-40-24)36-38(26(37)39)21-12-22(42-15(2)27(32,33)34)18(11-20(21)29)19(28)10-16-13-35-8-7-17(16)25(30)31/h7-8,10-13,15,24-25H,3-6,9,14H2,1-2H3/b19-10-/t15-,24?/m0/s1. The Morgan fingerprint density at radius 3 is 2.67 bits per heavy atom. The van der Waals surface area contributed by atoms with Crippen LogP contribution in [0.15, 0.2) is 35.4 Å². The lowest BCUT2D eigenvalue weighted by Gasteiger charge is -2.22. The van der Waals surface area contributed by atoms with Crippen molar-refractivity contribution >= 4 is 11.9 Å². The average Bonchev–Trinajstić information content (AvgIpc) is 3.27. The normalized spacial score (nSPS) is 17.1. The summed E-state index contributed by atoms with van der Waals surface area (Å²) in [7, 11) is 0. The van der Waals surface area contributed by atoms with Crippen LogP contribution in [0.4, 0.5) is 30.7 Å². The molecule has 1 aromatic carbocycles. The largest absolute Gasteiger partial charge is 0.480 e. The second kappa shape index (κ2) is 13.1. The Kier molecular flexibility index (Phi) is 9.71. The molecule has 1 fully saturated rings. The van der Waals surface area contributed by atoms with E-state index >= 15 is 8.78 Å². The molecule has 0 bridgehead atoms. The van der Waals surface area contributed by atoms with Gasteiger partial charge in [-0.1, -0.05) is 0 Å². The number of hydrogen-bond donors (Lipinski definition) is 0. The van der Waals surface area contributed by atoms with Gasteiger partial charge in [-0.25, -0.2) is 22.4 Å². The number of aromatic nitrogens is 4. The number of rotatable bonds is 10. The summed E-state index contributed by atoms with van der Waals surface area (Å²) in [6, 6.07) is 2.14. The molecule has 1 aliphatic heterocycles. The van der Waals surface area contributed by atoms with Crippen molar-refractivity contribution in [3.05, 3.63) is 69.4 Å². The monoisotopic (exact) mass is 604 g/mol. The molecule has 4 rings (SSSR count). The first-order valence-corrected chi connectivity index (χ1v) is 13.0. The summed E-state index contributed by atoms with van der Waals surface area (Å²) in [6.07, 6.45) is -5.98. The van der Waals surface area contributed by atoms with E-state index < -0.39 is 64.9 Å². The second-order valence-electron chi connectivity index (χ2n) is 9.36. The van der Waals surface area contributed by atoms with E-state index in [2.05, 4.69) is 10.1 Å². The van der Waals surface area contributed by atoms with E-state index in [-0.39, 0.29) is 24.5 Å². The molecule has 0 radical (unpaired) electrons. The Balaban J connectivity index is 1.78. The molecule has 3 heterocycles. The third-order valence-electron chi connectivity index (χ3n) is 6.50. The molecule has 1 unspecified atom stereocenters. The number of hydrogen-bond acceptors (Lipinski definition) is 6. The average molecular weight is 605 g/mol. The summed E-state index contributed by atoms with van der Waals surface area (Å²) in [4.78, 5) is 16.8. The number of benzene rings is 1. The minimum atomic E-state index is -4.90. The molecule has 15 heteroatoms. The second-order valence-corrected chi connectivity index (χ2v) is 9.36. The Labute approximate surface area is 235 Å². The number of pyridine rings is 1. The van der Waals surface area contributed by atoms with Gasteiger partial charge in [-0.2, -0.15) is 17.9 Å². The van der Waals surface area contributed by atoms with Crippen molar-refractivity contribution in [2.75, 3.05) is 6.61 Å². The molecule has 2 aromatic heterocycles. The van der Waals surface area contributed by atoms with Crippen LogP contribution < -0.4 is 10.4 Å². The SMILES string of the molecule is CCn1c(COC2CCCCO2)nn(-c2cc(O[C@@H](C)C(F)(F)F)c(/C(F)=C/c3cnccc3C(F)F)cc2F)c1=O. The summed E-state index contributed by atoms with van der Waals surface area (Å²) in [5.74, 6) is -3.34. The van der Waals surface area contributed by atoms with Crippen LogP contribution in [-0.2, 0) is 22.6 Å². The molecule has 42 heavy (non-hydrogen) atoms. The maximum Gasteiger partial charge on any atom is 0.425 e. The van der Waals surface area contributed by atoms with Crippen molar-refractivity contribution in [1.29, 1.82) is 0 Å². The van der Waals surface area contributed by atoms with Gasteiger partial charge in [0.2, 0.25) is 0 Å². The van der Waals surface area contributed by atoms with Gasteiger partial charge in [0.05, 0.1) is 5.56 Å². The molecule has 0 spiro atoms. The molecule has 228 valence electrons. The van der Waals surface area contributed by atoms with E-state index in [0.717, 1.165) is 31.3 Å². The fraction of sp³-hybridized carbons (Fsp3) is 0.444. The zero-order chi connectivity index (χ0) is 30.6. The first-order chi connectivity index (χ1) is 19.9. The van der Waals surface area contributed by atoms with Crippen LogP contribution in [0.5, 0.6) is 5.75 Å². The van der Waals surface area contributed by atoms with Crippen molar-refractivity contribution in [1.82, 2.24) is 19.3 Å². The third kappa shape index (κ3) is 7.01. The summed E-state index contributed by atoms with van der Waals surface area (Å²) >= 11 is 0. The van der Waals surface area contributed by atoms with Gasteiger partial charge in [-0.3, -0.25) is 9.55 Å². The minimum absolute atomic E-state index is 0.0912. The minimum Gasteiger partial charge on any atom is -0.480 e. The maximum atomic E-state index is 15.4. The summed E-state index contributed by atoms with van der Waals surface area (Å²) < 4.78 is 116. The Bertz CT molecular complexity index is 1480. The Hall–Kier alpha value is -3.72. The quantitative estimate of drug-likeness (QED) is 0.251. The lowest BCUT2D eigenvalue weighted by molar-refractivity contribution is -0.189. The number of nitrogens with zero attached hydrogens (tertiary/aromatic N) is 4. The van der Waals surface area contributed by atoms with Crippen molar-refractivity contribution in [3.8, 4) is 11.4 Å². The number of halogens is 7. The maximum absolute atomic E-state index is 15.4. The van der Waals surface area contributed by atoms with Gasteiger partial charge < -0.3 is 14.2 Å². The van der Waals surface area contributed by atoms with E-state index in [1.165, 1.54) is 4.57 Å². The summed E-state index contributed by atoms with van der Waals surface area (Å²) in [6.45, 7) is 2.70. The van der Waals surface area contributed by atoms with Crippen LogP contribution in [0.1, 0.15) is 62.1 Å². The highest BCUT2D eigenvalue weighted by Crippen LogP contribution is 2.36. The molecule has 0 aliphatic carbocycles. The van der Waals surface area contributed by atoms with Crippen molar-refractivity contribution in [2.24, 2.45) is 0 Å². The third-order valence-corrected chi connectivity index (χ3v) is 6.50. The van der Waals surface area contributed by atoms with Crippen LogP contribution >= 0.6 is 0 Å². The summed E-state index contributed by atoms with van der Waals surface area (Å²) in [5, 5.41) is 4.11. The molecule has 0 amide bonds. The lowest BCUT2D eigenvalue weighted by Crippen LogP contribution is -2.31. The van der Waals surface area contributed by atoms with Crippen molar-refractivity contribution < 1.29 is 44.9 Å². The lowest BCUT2D eigenvalue weighted by atomic mass is 10.1. The van der Waals surface area contributed by atoms with Gasteiger partial charge in [0.15, 0.2) is 18.2 Å². The smallest absolute Gasteiger partial charge is 0.425 e. The zero-order valence-electron chi connectivity index (χ0n) is 22.5. The highest BCUT2D eigenvalue weighted by molar-refractivity contribution is 5.81. The van der Waals surface area contributed by atoms with Crippen LogP contribution in [0.3, 0.4) is 0 Å². The molecule has 0 saturated carbocycles. The molecule has 1 aliphatic rings. The fourth-order valence-electron chi connectivity index (χ4n) is 4.23. The molecule has 8 nitrogen and oxygen atoms in total. The van der Waals surface area contributed by atoms with Gasteiger partial charge in [-0.05, 0) is 51.3 Å². The van der Waals surface area contributed by atoms with Crippen LogP contribution in [0.2, 0.25) is 0 Å². The topological polar surface area (TPSA) is 80.4 Å². The zero-order valence-corrected chi connectivity index (χ0v) is 22.5. The fourth-order valence-corrected chi connectivity index (χ4v) is 4.23. The van der Waals surface area contributed by atoms with Crippen LogP contribution in [0, 0.1) is 5.82 Å².